The average molecular weight is 386 g/mol. The van der Waals surface area contributed by atoms with Gasteiger partial charge < -0.3 is 0 Å². The fourth-order valence-electron chi connectivity index (χ4n) is 3.34. The molecular weight excluding hydrogens is 366 g/mol. The normalized spacial score (nSPS) is 16.2. The Morgan fingerprint density at radius 1 is 1.04 bits per heavy atom. The summed E-state index contributed by atoms with van der Waals surface area (Å²) >= 11 is 1.27. The highest BCUT2D eigenvalue weighted by atomic mass is 32.2. The lowest BCUT2D eigenvalue weighted by atomic mass is 9.74. The van der Waals surface area contributed by atoms with Gasteiger partial charge >= 0.3 is 0 Å². The van der Waals surface area contributed by atoms with Crippen molar-refractivity contribution in [2.45, 2.75) is 36.1 Å². The Hall–Kier alpha value is -2.09. The van der Waals surface area contributed by atoms with Gasteiger partial charge in [-0.05, 0) is 54.9 Å². The molecule has 0 radical (unpaired) electrons. The third-order valence-electron chi connectivity index (χ3n) is 4.87. The van der Waals surface area contributed by atoms with Crippen molar-refractivity contribution in [2.75, 3.05) is 0 Å². The highest BCUT2D eigenvalue weighted by molar-refractivity contribution is 7.89. The molecule has 1 aliphatic carbocycles. The molecule has 3 aromatic rings. The molecule has 0 amide bonds. The number of nitrogens with one attached hydrogen (secondary N) is 1. The molecule has 1 aromatic heterocycles. The Morgan fingerprint density at radius 3 is 2.35 bits per heavy atom. The van der Waals surface area contributed by atoms with Crippen LogP contribution in [0.15, 0.2) is 64.9 Å². The first kappa shape index (κ1) is 17.3. The zero-order valence-corrected chi connectivity index (χ0v) is 15.8. The van der Waals surface area contributed by atoms with Crippen molar-refractivity contribution in [3.05, 3.63) is 65.5 Å². The molecule has 2 aromatic carbocycles. The van der Waals surface area contributed by atoms with E-state index in [1.165, 1.54) is 11.5 Å². The van der Waals surface area contributed by atoms with Crippen LogP contribution in [0.25, 0.3) is 11.3 Å². The van der Waals surface area contributed by atoms with Gasteiger partial charge in [-0.3, -0.25) is 0 Å². The lowest BCUT2D eigenvalue weighted by Gasteiger charge is -2.42. The van der Waals surface area contributed by atoms with Gasteiger partial charge in [-0.1, -0.05) is 47.0 Å². The average Bonchev–Trinajstić information content (AvgIpc) is 3.15. The minimum atomic E-state index is -3.57. The lowest BCUT2D eigenvalue weighted by Crippen LogP contribution is -2.54. The Morgan fingerprint density at radius 2 is 1.77 bits per heavy atom. The fourth-order valence-corrected chi connectivity index (χ4v) is 5.27. The quantitative estimate of drug-likeness (QED) is 0.703. The fraction of sp³-hybridized carbons (Fsp3) is 0.263. The second-order valence-electron chi connectivity index (χ2n) is 6.72. The van der Waals surface area contributed by atoms with Crippen LogP contribution in [0.1, 0.15) is 24.8 Å². The molecule has 0 unspecified atom stereocenters. The molecule has 0 aliphatic heterocycles. The van der Waals surface area contributed by atoms with Crippen LogP contribution in [0.2, 0.25) is 0 Å². The molecule has 0 atom stereocenters. The molecule has 1 aliphatic rings. The molecule has 0 saturated heterocycles. The molecule has 1 fully saturated rings. The van der Waals surface area contributed by atoms with Gasteiger partial charge in [-0.25, -0.2) is 13.1 Å². The van der Waals surface area contributed by atoms with Gasteiger partial charge in [-0.15, -0.1) is 5.10 Å². The summed E-state index contributed by atoms with van der Waals surface area (Å²) < 4.78 is 32.6. The van der Waals surface area contributed by atoms with Crippen molar-refractivity contribution in [2.24, 2.45) is 0 Å². The van der Waals surface area contributed by atoms with Gasteiger partial charge in [0.25, 0.3) is 0 Å². The van der Waals surface area contributed by atoms with Crippen molar-refractivity contribution in [1.82, 2.24) is 14.3 Å². The van der Waals surface area contributed by atoms with Gasteiger partial charge in [0, 0.05) is 16.5 Å². The summed E-state index contributed by atoms with van der Waals surface area (Å²) in [5.74, 6) is 0. The summed E-state index contributed by atoms with van der Waals surface area (Å²) in [4.78, 5) is 0.281. The standard InChI is InChI=1S/C19H19N3O2S2/c23-26(24,17-9-7-16(8-10-17)18-14-25-22-20-18)21-19(11-4-12-19)13-15-5-2-1-3-6-15/h1-3,5-10,14,21H,4,11-13H2. The zero-order valence-electron chi connectivity index (χ0n) is 14.1. The van der Waals surface area contributed by atoms with Gasteiger partial charge in [-0.2, -0.15) is 0 Å². The summed E-state index contributed by atoms with van der Waals surface area (Å²) in [6, 6.07) is 16.9. The molecule has 0 spiro atoms. The Bertz CT molecular complexity index is 965. The van der Waals surface area contributed by atoms with E-state index in [1.54, 1.807) is 24.3 Å². The first-order chi connectivity index (χ1) is 12.6. The SMILES string of the molecule is O=S(=O)(NC1(Cc2ccccc2)CCC1)c1ccc(-c2csnn2)cc1. The van der Waals surface area contributed by atoms with Gasteiger partial charge in [0.1, 0.15) is 5.69 Å². The maximum atomic E-state index is 12.9. The number of hydrogen-bond acceptors (Lipinski definition) is 5. The molecule has 4 rings (SSSR count). The van der Waals surface area contributed by atoms with Crippen molar-refractivity contribution in [3.63, 3.8) is 0 Å². The number of nitrogens with zero attached hydrogens (tertiary/aromatic N) is 2. The van der Waals surface area contributed by atoms with E-state index in [4.69, 9.17) is 0 Å². The van der Waals surface area contributed by atoms with Crippen molar-refractivity contribution >= 4 is 21.6 Å². The number of benzene rings is 2. The molecule has 1 N–H and O–H groups in total. The summed E-state index contributed by atoms with van der Waals surface area (Å²) in [5.41, 5.74) is 2.39. The van der Waals surface area contributed by atoms with Crippen molar-refractivity contribution < 1.29 is 8.42 Å². The van der Waals surface area contributed by atoms with Crippen LogP contribution in [0.3, 0.4) is 0 Å². The lowest BCUT2D eigenvalue weighted by molar-refractivity contribution is 0.220. The van der Waals surface area contributed by atoms with E-state index in [9.17, 15) is 8.42 Å². The largest absolute Gasteiger partial charge is 0.241 e. The van der Waals surface area contributed by atoms with Crippen LogP contribution in [0.5, 0.6) is 0 Å². The minimum Gasteiger partial charge on any atom is -0.207 e. The van der Waals surface area contributed by atoms with Crippen LogP contribution < -0.4 is 4.72 Å². The molecule has 7 heteroatoms. The van der Waals surface area contributed by atoms with Crippen LogP contribution in [0.4, 0.5) is 0 Å². The number of sulfonamides is 1. The zero-order chi connectivity index (χ0) is 18.0. The van der Waals surface area contributed by atoms with Crippen LogP contribution in [0, 0.1) is 0 Å². The molecular formula is C19H19N3O2S2. The second kappa shape index (κ2) is 6.90. The van der Waals surface area contributed by atoms with Crippen molar-refractivity contribution in [1.29, 1.82) is 0 Å². The maximum Gasteiger partial charge on any atom is 0.241 e. The van der Waals surface area contributed by atoms with E-state index in [0.29, 0.717) is 0 Å². The third kappa shape index (κ3) is 3.56. The van der Waals surface area contributed by atoms with Gasteiger partial charge in [0.05, 0.1) is 4.90 Å². The summed E-state index contributed by atoms with van der Waals surface area (Å²) in [6.45, 7) is 0. The predicted octanol–water partition coefficient (Wildman–Crippen LogP) is 3.65. The van der Waals surface area contributed by atoms with Crippen LogP contribution >= 0.6 is 11.5 Å². The highest BCUT2D eigenvalue weighted by Gasteiger charge is 2.40. The Balaban J connectivity index is 1.54. The van der Waals surface area contributed by atoms with E-state index >= 15 is 0 Å². The highest BCUT2D eigenvalue weighted by Crippen LogP contribution is 2.36. The van der Waals surface area contributed by atoms with Crippen LogP contribution in [-0.2, 0) is 16.4 Å². The monoisotopic (exact) mass is 385 g/mol. The Kier molecular flexibility index (Phi) is 4.60. The smallest absolute Gasteiger partial charge is 0.207 e. The number of rotatable bonds is 6. The molecule has 5 nitrogen and oxygen atoms in total. The molecule has 26 heavy (non-hydrogen) atoms. The van der Waals surface area contributed by atoms with E-state index in [2.05, 4.69) is 14.3 Å². The molecule has 1 heterocycles. The first-order valence-corrected chi connectivity index (χ1v) is 10.8. The summed E-state index contributed by atoms with van der Waals surface area (Å²) in [5, 5.41) is 5.85. The summed E-state index contributed by atoms with van der Waals surface area (Å²) in [6.07, 6.45) is 3.49. The van der Waals surface area contributed by atoms with Crippen LogP contribution in [-0.4, -0.2) is 23.5 Å². The molecule has 1 saturated carbocycles. The predicted molar refractivity (Wildman–Crippen MR) is 102 cm³/mol. The van der Waals surface area contributed by atoms with E-state index in [0.717, 1.165) is 42.5 Å². The molecule has 134 valence electrons. The topological polar surface area (TPSA) is 72.0 Å². The third-order valence-corrected chi connectivity index (χ3v) is 6.97. The van der Waals surface area contributed by atoms with Gasteiger partial charge in [0.2, 0.25) is 10.0 Å². The maximum absolute atomic E-state index is 12.9. The van der Waals surface area contributed by atoms with E-state index in [1.807, 2.05) is 35.7 Å². The van der Waals surface area contributed by atoms with Gasteiger partial charge in [0.15, 0.2) is 0 Å². The van der Waals surface area contributed by atoms with Crippen molar-refractivity contribution in [3.8, 4) is 11.3 Å². The first-order valence-electron chi connectivity index (χ1n) is 8.52. The molecule has 0 bridgehead atoms. The van der Waals surface area contributed by atoms with E-state index < -0.39 is 10.0 Å². The minimum absolute atomic E-state index is 0.281. The second-order valence-corrected chi connectivity index (χ2v) is 9.01. The Labute approximate surface area is 157 Å². The summed E-state index contributed by atoms with van der Waals surface area (Å²) in [7, 11) is -3.57. The van der Waals surface area contributed by atoms with E-state index in [-0.39, 0.29) is 10.4 Å². The number of aromatic nitrogens is 2. The number of hydrogen-bond donors (Lipinski definition) is 1.